The van der Waals surface area contributed by atoms with E-state index in [2.05, 4.69) is 4.72 Å². The number of halogens is 1. The number of sulfonamides is 1. The van der Waals surface area contributed by atoms with Crippen molar-refractivity contribution < 1.29 is 17.6 Å². The summed E-state index contributed by atoms with van der Waals surface area (Å²) in [5, 5.41) is 0. The first-order chi connectivity index (χ1) is 13.7. The van der Waals surface area contributed by atoms with Gasteiger partial charge in [-0.05, 0) is 86.6 Å². The van der Waals surface area contributed by atoms with Gasteiger partial charge in [-0.3, -0.25) is 4.79 Å². The number of amides is 1. The highest BCUT2D eigenvalue weighted by atomic mass is 32.2. The van der Waals surface area contributed by atoms with Crippen LogP contribution < -0.4 is 4.72 Å². The number of benzene rings is 2. The summed E-state index contributed by atoms with van der Waals surface area (Å²) in [6.07, 6.45) is 2.40. The standard InChI is InChI=1S/C22H27FN2O3S/c1-16-13-17(2)15-21(14-16)29(27,28)24-10-7-18-8-11-25(12-9-18)22(26)19-3-5-20(23)6-4-19/h3-6,13-15,18,24H,7-12H2,1-2H3. The quantitative estimate of drug-likeness (QED) is 0.779. The molecule has 1 aliphatic rings. The van der Waals surface area contributed by atoms with Gasteiger partial charge in [-0.2, -0.15) is 0 Å². The van der Waals surface area contributed by atoms with Crippen molar-refractivity contribution in [1.29, 1.82) is 0 Å². The number of hydrogen-bond donors (Lipinski definition) is 1. The van der Waals surface area contributed by atoms with E-state index in [1.807, 2.05) is 19.9 Å². The number of carbonyl (C=O) groups is 1. The molecule has 156 valence electrons. The van der Waals surface area contributed by atoms with E-state index in [4.69, 9.17) is 0 Å². The Kier molecular flexibility index (Phi) is 6.70. The van der Waals surface area contributed by atoms with Crippen molar-refractivity contribution in [2.24, 2.45) is 5.92 Å². The number of hydrogen-bond acceptors (Lipinski definition) is 3. The van der Waals surface area contributed by atoms with Crippen molar-refractivity contribution in [3.63, 3.8) is 0 Å². The topological polar surface area (TPSA) is 66.5 Å². The van der Waals surface area contributed by atoms with E-state index in [0.29, 0.717) is 36.0 Å². The van der Waals surface area contributed by atoms with E-state index in [9.17, 15) is 17.6 Å². The van der Waals surface area contributed by atoms with Crippen LogP contribution in [0, 0.1) is 25.6 Å². The molecule has 1 heterocycles. The van der Waals surface area contributed by atoms with Gasteiger partial charge in [0.05, 0.1) is 4.90 Å². The molecule has 2 aromatic carbocycles. The molecule has 1 saturated heterocycles. The van der Waals surface area contributed by atoms with E-state index in [-0.39, 0.29) is 11.7 Å². The van der Waals surface area contributed by atoms with Gasteiger partial charge in [-0.25, -0.2) is 17.5 Å². The zero-order valence-corrected chi connectivity index (χ0v) is 17.6. The van der Waals surface area contributed by atoms with Crippen LogP contribution in [0.4, 0.5) is 4.39 Å². The first-order valence-corrected chi connectivity index (χ1v) is 11.4. The second kappa shape index (κ2) is 9.05. The zero-order valence-electron chi connectivity index (χ0n) is 16.8. The molecule has 5 nitrogen and oxygen atoms in total. The summed E-state index contributed by atoms with van der Waals surface area (Å²) in [4.78, 5) is 14.6. The number of carbonyl (C=O) groups excluding carboxylic acids is 1. The summed E-state index contributed by atoms with van der Waals surface area (Å²) in [7, 11) is -3.52. The molecule has 0 aromatic heterocycles. The second-order valence-corrected chi connectivity index (χ2v) is 9.52. The molecule has 0 saturated carbocycles. The lowest BCUT2D eigenvalue weighted by Crippen LogP contribution is -2.39. The first-order valence-electron chi connectivity index (χ1n) is 9.87. The molecule has 0 bridgehead atoms. The highest BCUT2D eigenvalue weighted by Gasteiger charge is 2.24. The minimum absolute atomic E-state index is 0.0843. The molecular weight excluding hydrogens is 391 g/mol. The zero-order chi connectivity index (χ0) is 21.0. The maximum absolute atomic E-state index is 13.0. The van der Waals surface area contributed by atoms with Gasteiger partial charge in [0.1, 0.15) is 5.82 Å². The minimum atomic E-state index is -3.52. The van der Waals surface area contributed by atoms with Crippen molar-refractivity contribution in [3.8, 4) is 0 Å². The Balaban J connectivity index is 1.47. The number of nitrogens with zero attached hydrogens (tertiary/aromatic N) is 1. The summed E-state index contributed by atoms with van der Waals surface area (Å²) < 4.78 is 40.7. The van der Waals surface area contributed by atoms with E-state index in [0.717, 1.165) is 30.4 Å². The summed E-state index contributed by atoms with van der Waals surface area (Å²) in [6.45, 7) is 5.40. The lowest BCUT2D eigenvalue weighted by molar-refractivity contribution is 0.0687. The van der Waals surface area contributed by atoms with Crippen molar-refractivity contribution >= 4 is 15.9 Å². The minimum Gasteiger partial charge on any atom is -0.339 e. The highest BCUT2D eigenvalue weighted by molar-refractivity contribution is 7.89. The van der Waals surface area contributed by atoms with E-state index in [1.54, 1.807) is 17.0 Å². The third kappa shape index (κ3) is 5.64. The number of rotatable bonds is 6. The molecule has 29 heavy (non-hydrogen) atoms. The normalized spacial score (nSPS) is 15.5. The molecule has 1 aliphatic heterocycles. The maximum atomic E-state index is 13.0. The molecule has 0 unspecified atom stereocenters. The fourth-order valence-corrected chi connectivity index (χ4v) is 5.00. The Morgan fingerprint density at radius 1 is 1.07 bits per heavy atom. The van der Waals surface area contributed by atoms with Crippen LogP contribution in [0.25, 0.3) is 0 Å². The molecular formula is C22H27FN2O3S. The van der Waals surface area contributed by atoms with E-state index < -0.39 is 10.0 Å². The molecule has 0 radical (unpaired) electrons. The molecule has 0 atom stereocenters. The fraction of sp³-hybridized carbons (Fsp3) is 0.409. The molecule has 0 spiro atoms. The van der Waals surface area contributed by atoms with Gasteiger partial charge in [0.2, 0.25) is 10.0 Å². The van der Waals surface area contributed by atoms with Crippen LogP contribution in [0.1, 0.15) is 40.7 Å². The van der Waals surface area contributed by atoms with Gasteiger partial charge < -0.3 is 4.90 Å². The van der Waals surface area contributed by atoms with Crippen molar-refractivity contribution in [2.75, 3.05) is 19.6 Å². The SMILES string of the molecule is Cc1cc(C)cc(S(=O)(=O)NCCC2CCN(C(=O)c3ccc(F)cc3)CC2)c1. The van der Waals surface area contributed by atoms with Crippen LogP contribution in [-0.2, 0) is 10.0 Å². The summed E-state index contributed by atoms with van der Waals surface area (Å²) in [6, 6.07) is 10.9. The Morgan fingerprint density at radius 3 is 2.24 bits per heavy atom. The predicted octanol–water partition coefficient (Wildman–Crippen LogP) is 3.66. The Bertz CT molecular complexity index is 946. The third-order valence-corrected chi connectivity index (χ3v) is 6.78. The Hall–Kier alpha value is -2.25. The van der Waals surface area contributed by atoms with Gasteiger partial charge in [-0.15, -0.1) is 0 Å². The van der Waals surface area contributed by atoms with Gasteiger partial charge in [0, 0.05) is 25.2 Å². The smallest absolute Gasteiger partial charge is 0.253 e. The number of nitrogens with one attached hydrogen (secondary N) is 1. The van der Waals surface area contributed by atoms with E-state index >= 15 is 0 Å². The monoisotopic (exact) mass is 418 g/mol. The van der Waals surface area contributed by atoms with E-state index in [1.165, 1.54) is 24.3 Å². The fourth-order valence-electron chi connectivity index (χ4n) is 3.77. The average Bonchev–Trinajstić information content (AvgIpc) is 2.68. The number of likely N-dealkylation sites (tertiary alicyclic amines) is 1. The van der Waals surface area contributed by atoms with Crippen LogP contribution >= 0.6 is 0 Å². The van der Waals surface area contributed by atoms with Crippen LogP contribution in [0.3, 0.4) is 0 Å². The highest BCUT2D eigenvalue weighted by Crippen LogP contribution is 2.22. The van der Waals surface area contributed by atoms with Crippen LogP contribution in [0.15, 0.2) is 47.4 Å². The van der Waals surface area contributed by atoms with Gasteiger partial charge >= 0.3 is 0 Å². The van der Waals surface area contributed by atoms with Gasteiger partial charge in [0.25, 0.3) is 5.91 Å². The maximum Gasteiger partial charge on any atom is 0.253 e. The first kappa shape index (κ1) is 21.5. The molecule has 3 rings (SSSR count). The Morgan fingerprint density at radius 2 is 1.66 bits per heavy atom. The van der Waals surface area contributed by atoms with Crippen LogP contribution in [0.2, 0.25) is 0 Å². The second-order valence-electron chi connectivity index (χ2n) is 7.75. The number of piperidine rings is 1. The van der Waals surface area contributed by atoms with Crippen LogP contribution in [0.5, 0.6) is 0 Å². The number of aryl methyl sites for hydroxylation is 2. The summed E-state index contributed by atoms with van der Waals surface area (Å²) in [5.41, 5.74) is 2.33. The van der Waals surface area contributed by atoms with Gasteiger partial charge in [0.15, 0.2) is 0 Å². The largest absolute Gasteiger partial charge is 0.339 e. The molecule has 2 aromatic rings. The lowest BCUT2D eigenvalue weighted by atomic mass is 9.93. The third-order valence-electron chi connectivity index (χ3n) is 5.34. The van der Waals surface area contributed by atoms with Crippen molar-refractivity contribution in [2.45, 2.75) is 38.0 Å². The summed E-state index contributed by atoms with van der Waals surface area (Å²) >= 11 is 0. The van der Waals surface area contributed by atoms with Crippen molar-refractivity contribution in [1.82, 2.24) is 9.62 Å². The molecule has 7 heteroatoms. The molecule has 1 N–H and O–H groups in total. The predicted molar refractivity (Wildman–Crippen MR) is 111 cm³/mol. The average molecular weight is 419 g/mol. The summed E-state index contributed by atoms with van der Waals surface area (Å²) in [5.74, 6) is -0.0725. The Labute approximate surface area is 172 Å². The van der Waals surface area contributed by atoms with Gasteiger partial charge in [-0.1, -0.05) is 6.07 Å². The molecule has 1 amide bonds. The van der Waals surface area contributed by atoms with Crippen LogP contribution in [-0.4, -0.2) is 38.9 Å². The molecule has 1 fully saturated rings. The lowest BCUT2D eigenvalue weighted by Gasteiger charge is -2.32. The van der Waals surface area contributed by atoms with Crippen molar-refractivity contribution in [3.05, 3.63) is 65.0 Å². The molecule has 0 aliphatic carbocycles.